The molecule has 1 atom stereocenters. The largest absolute Gasteiger partial charge is 0.472 e. The zero-order chi connectivity index (χ0) is 21.0. The minimum absolute atomic E-state index is 0. The maximum absolute atomic E-state index is 11.1. The Morgan fingerprint density at radius 3 is 1.21 bits per heavy atom. The average molecular weight is 462 g/mol. The summed E-state index contributed by atoms with van der Waals surface area (Å²) in [5.41, 5.74) is 0. The van der Waals surface area contributed by atoms with Crippen LogP contribution in [0.3, 0.4) is 0 Å². The van der Waals surface area contributed by atoms with Crippen LogP contribution in [0.1, 0.15) is 98.8 Å². The molecule has 0 aromatic carbocycles. The monoisotopic (exact) mass is 461 g/mol. The number of hydrogen-bond acceptors (Lipinski definition) is 3. The van der Waals surface area contributed by atoms with E-state index in [4.69, 9.17) is 13.9 Å². The molecule has 0 aromatic rings. The molecule has 0 aliphatic heterocycles. The van der Waals surface area contributed by atoms with E-state index >= 15 is 0 Å². The summed E-state index contributed by atoms with van der Waals surface area (Å²) in [6.45, 7) is 14.1. The van der Waals surface area contributed by atoms with E-state index in [1.165, 1.54) is 38.5 Å². The van der Waals surface area contributed by atoms with Crippen LogP contribution in [0, 0.1) is 0 Å². The Kier molecular flexibility index (Phi) is 27.2. The molecule has 0 aliphatic carbocycles. The van der Waals surface area contributed by atoms with Gasteiger partial charge in [-0.2, -0.15) is 9.90 Å². The van der Waals surface area contributed by atoms with Crippen molar-refractivity contribution in [1.29, 1.82) is 0 Å². The van der Waals surface area contributed by atoms with E-state index in [2.05, 4.69) is 27.4 Å². The van der Waals surface area contributed by atoms with Gasteiger partial charge in [-0.15, -0.1) is 0 Å². The van der Waals surface area contributed by atoms with Crippen LogP contribution >= 0.6 is 25.0 Å². The second-order valence-corrected chi connectivity index (χ2v) is 13.7. The number of rotatable bonds is 17. The summed E-state index contributed by atoms with van der Waals surface area (Å²) in [5, 5.41) is 0. The molecule has 0 aliphatic rings. The summed E-state index contributed by atoms with van der Waals surface area (Å²) < 4.78 is 20.5. The highest BCUT2D eigenvalue weighted by Crippen LogP contribution is 2.57. The van der Waals surface area contributed by atoms with E-state index < -0.39 is 15.1 Å². The molecule has 0 spiro atoms. The van der Waals surface area contributed by atoms with Gasteiger partial charge in [-0.05, 0) is 32.1 Å². The third-order valence-corrected chi connectivity index (χ3v) is 9.86. The fourth-order valence-corrected chi connectivity index (χ4v) is 7.34. The Labute approximate surface area is 180 Å². The molecule has 28 heavy (non-hydrogen) atoms. The maximum atomic E-state index is 11.1. The molecule has 0 saturated heterocycles. The smallest absolute Gasteiger partial charge is 0.302 e. The summed E-state index contributed by atoms with van der Waals surface area (Å²) in [6, 6.07) is 0. The van der Waals surface area contributed by atoms with Crippen LogP contribution in [0.5, 0.6) is 0 Å². The van der Waals surface area contributed by atoms with Gasteiger partial charge in [0.25, 0.3) is 0 Å². The molecule has 0 heterocycles. The lowest BCUT2D eigenvalue weighted by molar-refractivity contribution is 0.146. The number of phosphoric ester groups is 1. The summed E-state index contributed by atoms with van der Waals surface area (Å²) in [6.07, 6.45) is 16.7. The quantitative estimate of drug-likeness (QED) is 0.177. The summed E-state index contributed by atoms with van der Waals surface area (Å²) >= 11 is 0. The Bertz CT molecular complexity index is 319. The van der Waals surface area contributed by atoms with Gasteiger partial charge >= 0.3 is 7.82 Å². The standard InChI is InChI=1S/C13H30P.C8H19O4P.H3P/c1-5-8-11-14(4,12-9-6-2)13-10-7-3;1-3-5-7-11-13(9,10)12-8-6-4-2;/h5-13H2,1-4H3;3-8H2,1-2H3,(H,9,10);1H3/q+1;;. The van der Waals surface area contributed by atoms with E-state index in [1.54, 1.807) is 18.5 Å². The zero-order valence-corrected chi connectivity index (χ0v) is 23.1. The van der Waals surface area contributed by atoms with E-state index in [-0.39, 0.29) is 23.1 Å². The predicted octanol–water partition coefficient (Wildman–Crippen LogP) is 7.81. The molecule has 174 valence electrons. The molecule has 0 aromatic heterocycles. The summed E-state index contributed by atoms with van der Waals surface area (Å²) in [5.74, 6) is 0. The minimum atomic E-state index is -3.75. The molecule has 1 unspecified atom stereocenters. The third kappa shape index (κ3) is 23.3. The van der Waals surface area contributed by atoms with E-state index in [9.17, 15) is 4.57 Å². The highest BCUT2D eigenvalue weighted by atomic mass is 31.2. The molecule has 0 amide bonds. The fraction of sp³-hybridized carbons (Fsp3) is 1.00. The number of phosphoric acid groups is 1. The van der Waals surface area contributed by atoms with E-state index in [1.807, 2.05) is 13.8 Å². The zero-order valence-electron chi connectivity index (χ0n) is 19.9. The van der Waals surface area contributed by atoms with Crippen LogP contribution in [0.4, 0.5) is 0 Å². The first-order chi connectivity index (χ1) is 12.8. The lowest BCUT2D eigenvalue weighted by Gasteiger charge is -2.22. The lowest BCUT2D eigenvalue weighted by Crippen LogP contribution is -2.07. The first kappa shape index (κ1) is 33.6. The number of unbranched alkanes of at least 4 members (excludes halogenated alkanes) is 5. The third-order valence-electron chi connectivity index (χ3n) is 4.66. The van der Waals surface area contributed by atoms with Gasteiger partial charge in [0.1, 0.15) is 0 Å². The molecule has 7 heteroatoms. The Morgan fingerprint density at radius 2 is 0.964 bits per heavy atom. The molecule has 1 N–H and O–H groups in total. The molecular formula is C21H52O4P3+. The molecule has 0 radical (unpaired) electrons. The van der Waals surface area contributed by atoms with Crippen molar-refractivity contribution < 1.29 is 18.5 Å². The van der Waals surface area contributed by atoms with Gasteiger partial charge in [0.15, 0.2) is 0 Å². The van der Waals surface area contributed by atoms with Crippen molar-refractivity contribution in [2.24, 2.45) is 0 Å². The van der Waals surface area contributed by atoms with Crippen molar-refractivity contribution in [2.45, 2.75) is 98.8 Å². The van der Waals surface area contributed by atoms with Gasteiger partial charge in [0.05, 0.1) is 31.7 Å². The highest BCUT2D eigenvalue weighted by Gasteiger charge is 2.28. The van der Waals surface area contributed by atoms with Crippen LogP contribution in [0.2, 0.25) is 0 Å². The van der Waals surface area contributed by atoms with Crippen molar-refractivity contribution in [3.05, 3.63) is 0 Å². The first-order valence-electron chi connectivity index (χ1n) is 11.3. The average Bonchev–Trinajstić information content (AvgIpc) is 2.64. The first-order valence-corrected chi connectivity index (χ1v) is 15.5. The van der Waals surface area contributed by atoms with Gasteiger partial charge < -0.3 is 4.89 Å². The van der Waals surface area contributed by atoms with Gasteiger partial charge in [-0.3, -0.25) is 9.05 Å². The highest BCUT2D eigenvalue weighted by molar-refractivity contribution is 7.75. The second-order valence-electron chi connectivity index (χ2n) is 7.69. The summed E-state index contributed by atoms with van der Waals surface area (Å²) in [7, 11) is -4.27. The SMILES string of the molecule is CCCCOP(=O)(O)OCCCC.CCCC[P+](C)(CCCC)CCCC.P. The van der Waals surface area contributed by atoms with Crippen molar-refractivity contribution >= 4 is 25.0 Å². The molecule has 4 nitrogen and oxygen atoms in total. The molecule has 0 fully saturated rings. The van der Waals surface area contributed by atoms with Crippen molar-refractivity contribution in [3.63, 3.8) is 0 Å². The van der Waals surface area contributed by atoms with Gasteiger partial charge in [0, 0.05) is 13.9 Å². The van der Waals surface area contributed by atoms with Crippen LogP contribution in [0.15, 0.2) is 0 Å². The Hall–Kier alpha value is 0.970. The normalized spacial score (nSPS) is 11.5. The molecule has 0 bridgehead atoms. The Balaban J connectivity index is -0.000000432. The lowest BCUT2D eigenvalue weighted by atomic mass is 10.4. The van der Waals surface area contributed by atoms with Crippen LogP contribution < -0.4 is 0 Å². The molecule has 0 rings (SSSR count). The Morgan fingerprint density at radius 1 is 0.679 bits per heavy atom. The minimum Gasteiger partial charge on any atom is -0.302 e. The predicted molar refractivity (Wildman–Crippen MR) is 135 cm³/mol. The van der Waals surface area contributed by atoms with Crippen molar-refractivity contribution in [1.82, 2.24) is 0 Å². The van der Waals surface area contributed by atoms with Gasteiger partial charge in [0.2, 0.25) is 0 Å². The van der Waals surface area contributed by atoms with E-state index in [0.29, 0.717) is 0 Å². The number of hydrogen-bond donors (Lipinski definition) is 1. The molecule has 0 saturated carbocycles. The van der Waals surface area contributed by atoms with E-state index in [0.717, 1.165) is 25.7 Å². The van der Waals surface area contributed by atoms with Crippen molar-refractivity contribution in [3.8, 4) is 0 Å². The van der Waals surface area contributed by atoms with Crippen molar-refractivity contribution in [2.75, 3.05) is 38.4 Å². The maximum Gasteiger partial charge on any atom is 0.472 e. The van der Waals surface area contributed by atoms with Crippen LogP contribution in [0.25, 0.3) is 0 Å². The van der Waals surface area contributed by atoms with Crippen LogP contribution in [-0.2, 0) is 13.6 Å². The van der Waals surface area contributed by atoms with Crippen LogP contribution in [-0.4, -0.2) is 43.3 Å². The van der Waals surface area contributed by atoms with Gasteiger partial charge in [-0.25, -0.2) is 4.57 Å². The second kappa shape index (κ2) is 22.7. The fourth-order valence-electron chi connectivity index (χ4n) is 2.64. The summed E-state index contributed by atoms with van der Waals surface area (Å²) in [4.78, 5) is 9.08. The molecular weight excluding hydrogens is 409 g/mol. The topological polar surface area (TPSA) is 55.8 Å². The van der Waals surface area contributed by atoms with Gasteiger partial charge in [-0.1, -0.05) is 66.7 Å².